The number of carbonyl (C=O) groups excluding carboxylic acids is 1. The second kappa shape index (κ2) is 8.46. The molecule has 3 nitrogen and oxygen atoms in total. The molecule has 1 N–H and O–H groups in total. The van der Waals surface area contributed by atoms with Crippen LogP contribution < -0.4 is 5.32 Å². The summed E-state index contributed by atoms with van der Waals surface area (Å²) in [6.07, 6.45) is 3.73. The quantitative estimate of drug-likeness (QED) is 0.771. The van der Waals surface area contributed by atoms with Crippen LogP contribution in [-0.2, 0) is 4.79 Å². The van der Waals surface area contributed by atoms with E-state index < -0.39 is 5.41 Å². The fourth-order valence-corrected chi connectivity index (χ4v) is 2.77. The van der Waals surface area contributed by atoms with Gasteiger partial charge in [0.2, 0.25) is 5.91 Å². The van der Waals surface area contributed by atoms with E-state index in [1.807, 2.05) is 51.1 Å². The lowest BCUT2D eigenvalue weighted by molar-refractivity contribution is -0.129. The minimum atomic E-state index is -0.883. The number of rotatable bonds is 8. The first-order valence-corrected chi connectivity index (χ1v) is 7.90. The van der Waals surface area contributed by atoms with Crippen molar-refractivity contribution < 1.29 is 4.79 Å². The second-order valence-electron chi connectivity index (χ2n) is 5.54. The SMILES string of the molecule is CCCC(C#N)(CCC)C(=O)NC(CC)c1ccccc1. The molecule has 0 saturated carbocycles. The van der Waals surface area contributed by atoms with Gasteiger partial charge in [-0.15, -0.1) is 0 Å². The Morgan fingerprint density at radius 3 is 2.19 bits per heavy atom. The third kappa shape index (κ3) is 4.32. The molecule has 0 spiro atoms. The molecule has 0 fully saturated rings. The first kappa shape index (κ1) is 17.2. The summed E-state index contributed by atoms with van der Waals surface area (Å²) in [5, 5.41) is 12.6. The first-order chi connectivity index (χ1) is 10.1. The maximum atomic E-state index is 12.7. The van der Waals surface area contributed by atoms with Gasteiger partial charge in [0.05, 0.1) is 12.1 Å². The number of amides is 1. The predicted octanol–water partition coefficient (Wildman–Crippen LogP) is 4.36. The largest absolute Gasteiger partial charge is 0.348 e. The molecule has 1 aromatic carbocycles. The van der Waals surface area contributed by atoms with E-state index in [0.29, 0.717) is 12.8 Å². The summed E-state index contributed by atoms with van der Waals surface area (Å²) in [5.74, 6) is -0.121. The third-order valence-electron chi connectivity index (χ3n) is 3.92. The lowest BCUT2D eigenvalue weighted by Crippen LogP contribution is -2.41. The number of carbonyl (C=O) groups is 1. The Balaban J connectivity index is 2.92. The maximum Gasteiger partial charge on any atom is 0.240 e. The Bertz CT molecular complexity index is 470. The van der Waals surface area contributed by atoms with Crippen molar-refractivity contribution in [3.8, 4) is 6.07 Å². The van der Waals surface area contributed by atoms with Gasteiger partial charge in [0.15, 0.2) is 0 Å². The van der Waals surface area contributed by atoms with Crippen LogP contribution in [0.4, 0.5) is 0 Å². The van der Waals surface area contributed by atoms with E-state index in [0.717, 1.165) is 24.8 Å². The number of benzene rings is 1. The molecular formula is C18H26N2O. The van der Waals surface area contributed by atoms with Gasteiger partial charge >= 0.3 is 0 Å². The summed E-state index contributed by atoms with van der Waals surface area (Å²) >= 11 is 0. The van der Waals surface area contributed by atoms with Crippen molar-refractivity contribution in [2.45, 2.75) is 58.9 Å². The molecule has 1 atom stereocenters. The molecule has 0 aromatic heterocycles. The number of nitriles is 1. The minimum absolute atomic E-state index is 0.0277. The van der Waals surface area contributed by atoms with E-state index in [-0.39, 0.29) is 11.9 Å². The Hall–Kier alpha value is -1.82. The standard InChI is InChI=1S/C18H26N2O/c1-4-12-18(14-19,13-5-2)17(21)20-16(6-3)15-10-8-7-9-11-15/h7-11,16H,4-6,12-13H2,1-3H3,(H,20,21). The van der Waals surface area contributed by atoms with Crippen LogP contribution in [0.25, 0.3) is 0 Å². The van der Waals surface area contributed by atoms with Gasteiger partial charge in [-0.2, -0.15) is 5.26 Å². The summed E-state index contributed by atoms with van der Waals surface area (Å²) in [6, 6.07) is 12.2. The topological polar surface area (TPSA) is 52.9 Å². The molecule has 1 unspecified atom stereocenters. The summed E-state index contributed by atoms with van der Waals surface area (Å²) in [4.78, 5) is 12.7. The molecule has 1 rings (SSSR count). The summed E-state index contributed by atoms with van der Waals surface area (Å²) < 4.78 is 0. The molecule has 1 aromatic rings. The van der Waals surface area contributed by atoms with Crippen LogP contribution in [0.3, 0.4) is 0 Å². The molecule has 0 bridgehead atoms. The zero-order valence-corrected chi connectivity index (χ0v) is 13.4. The van der Waals surface area contributed by atoms with Gasteiger partial charge in [-0.25, -0.2) is 0 Å². The van der Waals surface area contributed by atoms with E-state index in [9.17, 15) is 10.1 Å². The average molecular weight is 286 g/mol. The molecule has 0 saturated heterocycles. The number of hydrogen-bond acceptors (Lipinski definition) is 2. The van der Waals surface area contributed by atoms with E-state index in [4.69, 9.17) is 0 Å². The highest BCUT2D eigenvalue weighted by atomic mass is 16.2. The highest BCUT2D eigenvalue weighted by Gasteiger charge is 2.37. The van der Waals surface area contributed by atoms with Crippen LogP contribution in [-0.4, -0.2) is 5.91 Å². The van der Waals surface area contributed by atoms with Crippen molar-refractivity contribution in [2.75, 3.05) is 0 Å². The number of hydrogen-bond donors (Lipinski definition) is 1. The highest BCUT2D eigenvalue weighted by molar-refractivity contribution is 5.85. The average Bonchev–Trinajstić information content (AvgIpc) is 2.52. The van der Waals surface area contributed by atoms with E-state index in [1.54, 1.807) is 0 Å². The second-order valence-corrected chi connectivity index (χ2v) is 5.54. The van der Waals surface area contributed by atoms with Crippen molar-refractivity contribution in [2.24, 2.45) is 5.41 Å². The molecule has 3 heteroatoms. The van der Waals surface area contributed by atoms with Crippen LogP contribution in [0.2, 0.25) is 0 Å². The van der Waals surface area contributed by atoms with Crippen LogP contribution in [0.5, 0.6) is 0 Å². The van der Waals surface area contributed by atoms with E-state index >= 15 is 0 Å². The van der Waals surface area contributed by atoms with Gasteiger partial charge in [-0.3, -0.25) is 4.79 Å². The lowest BCUT2D eigenvalue weighted by Gasteiger charge is -2.28. The van der Waals surface area contributed by atoms with Crippen molar-refractivity contribution in [3.05, 3.63) is 35.9 Å². The fourth-order valence-electron chi connectivity index (χ4n) is 2.77. The van der Waals surface area contributed by atoms with Crippen LogP contribution >= 0.6 is 0 Å². The van der Waals surface area contributed by atoms with E-state index in [2.05, 4.69) is 11.4 Å². The van der Waals surface area contributed by atoms with Gasteiger partial charge in [0.1, 0.15) is 5.41 Å². The van der Waals surface area contributed by atoms with Crippen molar-refractivity contribution in [1.29, 1.82) is 5.26 Å². The molecule has 114 valence electrons. The minimum Gasteiger partial charge on any atom is -0.348 e. The van der Waals surface area contributed by atoms with Gasteiger partial charge < -0.3 is 5.32 Å². The van der Waals surface area contributed by atoms with Crippen LogP contribution in [0.15, 0.2) is 30.3 Å². The monoisotopic (exact) mass is 286 g/mol. The van der Waals surface area contributed by atoms with Gasteiger partial charge in [-0.05, 0) is 24.8 Å². The molecule has 1 amide bonds. The maximum absolute atomic E-state index is 12.7. The van der Waals surface area contributed by atoms with Gasteiger partial charge in [0.25, 0.3) is 0 Å². The van der Waals surface area contributed by atoms with Crippen molar-refractivity contribution in [3.63, 3.8) is 0 Å². The fraction of sp³-hybridized carbons (Fsp3) is 0.556. The van der Waals surface area contributed by atoms with Crippen molar-refractivity contribution >= 4 is 5.91 Å². The molecular weight excluding hydrogens is 260 g/mol. The smallest absolute Gasteiger partial charge is 0.240 e. The Morgan fingerprint density at radius 2 is 1.76 bits per heavy atom. The van der Waals surface area contributed by atoms with Gasteiger partial charge in [-0.1, -0.05) is 63.9 Å². The van der Waals surface area contributed by atoms with E-state index in [1.165, 1.54) is 0 Å². The zero-order chi connectivity index (χ0) is 15.7. The molecule has 0 aliphatic rings. The number of nitrogens with zero attached hydrogens (tertiary/aromatic N) is 1. The molecule has 0 aliphatic heterocycles. The molecule has 0 aliphatic carbocycles. The highest BCUT2D eigenvalue weighted by Crippen LogP contribution is 2.31. The predicted molar refractivity (Wildman–Crippen MR) is 85.5 cm³/mol. The zero-order valence-electron chi connectivity index (χ0n) is 13.4. The van der Waals surface area contributed by atoms with Gasteiger partial charge in [0, 0.05) is 0 Å². The lowest BCUT2D eigenvalue weighted by atomic mass is 9.79. The molecule has 0 heterocycles. The first-order valence-electron chi connectivity index (χ1n) is 7.90. The summed E-state index contributed by atoms with van der Waals surface area (Å²) in [6.45, 7) is 6.08. The van der Waals surface area contributed by atoms with Crippen molar-refractivity contribution in [1.82, 2.24) is 5.32 Å². The summed E-state index contributed by atoms with van der Waals surface area (Å²) in [7, 11) is 0. The third-order valence-corrected chi connectivity index (χ3v) is 3.92. The Labute approximate surface area is 128 Å². The Morgan fingerprint density at radius 1 is 1.19 bits per heavy atom. The summed E-state index contributed by atoms with van der Waals surface area (Å²) in [5.41, 5.74) is 0.208. The van der Waals surface area contributed by atoms with Crippen LogP contribution in [0.1, 0.15) is 64.5 Å². The Kier molecular flexibility index (Phi) is 6.94. The van der Waals surface area contributed by atoms with Crippen LogP contribution in [0, 0.1) is 16.7 Å². The molecule has 0 radical (unpaired) electrons. The normalized spacial score (nSPS) is 12.5. The molecule has 21 heavy (non-hydrogen) atoms. The number of nitrogens with one attached hydrogen (secondary N) is 1.